The molecule has 1 unspecified atom stereocenters. The highest BCUT2D eigenvalue weighted by Crippen LogP contribution is 2.43. The molecule has 1 heterocycles. The van der Waals surface area contributed by atoms with Crippen LogP contribution in [0.1, 0.15) is 44.2 Å². The molecule has 0 aromatic carbocycles. The third-order valence-electron chi connectivity index (χ3n) is 4.77. The van der Waals surface area contributed by atoms with Crippen LogP contribution in [0.2, 0.25) is 0 Å². The Morgan fingerprint density at radius 2 is 1.84 bits per heavy atom. The highest BCUT2D eigenvalue weighted by Gasteiger charge is 2.43. The topological polar surface area (TPSA) is 41.1 Å². The zero-order chi connectivity index (χ0) is 13.9. The summed E-state index contributed by atoms with van der Waals surface area (Å²) in [7, 11) is 6.44. The van der Waals surface area contributed by atoms with Gasteiger partial charge in [-0.05, 0) is 52.7 Å². The molecule has 1 N–H and O–H groups in total. The average molecular weight is 262 g/mol. The van der Waals surface area contributed by atoms with Gasteiger partial charge in [0.2, 0.25) is 0 Å². The molecule has 2 rings (SSSR count). The summed E-state index contributed by atoms with van der Waals surface area (Å²) in [5.74, 6) is 0.845. The summed E-state index contributed by atoms with van der Waals surface area (Å²) in [6, 6.07) is 0.288. The maximum absolute atomic E-state index is 4.18. The number of nitrogens with one attached hydrogen (secondary N) is 1. The zero-order valence-corrected chi connectivity index (χ0v) is 12.6. The molecule has 0 spiro atoms. The molecule has 1 saturated carbocycles. The van der Waals surface area contributed by atoms with Gasteiger partial charge in [0.25, 0.3) is 0 Å². The van der Waals surface area contributed by atoms with Crippen LogP contribution in [0.5, 0.6) is 0 Å². The van der Waals surface area contributed by atoms with Crippen molar-refractivity contribution in [2.75, 3.05) is 21.1 Å². The molecule has 4 heteroatoms. The van der Waals surface area contributed by atoms with Crippen LogP contribution >= 0.6 is 0 Å². The number of rotatable bonds is 4. The molecule has 1 aromatic heterocycles. The Morgan fingerprint density at radius 1 is 1.26 bits per heavy atom. The van der Waals surface area contributed by atoms with Crippen LogP contribution in [0.15, 0.2) is 18.7 Å². The van der Waals surface area contributed by atoms with E-state index < -0.39 is 0 Å². The van der Waals surface area contributed by atoms with E-state index in [2.05, 4.69) is 41.2 Å². The van der Waals surface area contributed by atoms with Gasteiger partial charge in [-0.25, -0.2) is 9.97 Å². The fourth-order valence-corrected chi connectivity index (χ4v) is 3.46. The minimum Gasteiger partial charge on any atom is -0.311 e. The predicted molar refractivity (Wildman–Crippen MR) is 77.9 cm³/mol. The van der Waals surface area contributed by atoms with Crippen molar-refractivity contribution in [1.82, 2.24) is 20.2 Å². The lowest BCUT2D eigenvalue weighted by Gasteiger charge is -2.49. The van der Waals surface area contributed by atoms with Gasteiger partial charge in [-0.3, -0.25) is 0 Å². The van der Waals surface area contributed by atoms with Crippen LogP contribution in [0.4, 0.5) is 0 Å². The molecule has 1 aliphatic rings. The summed E-state index contributed by atoms with van der Waals surface area (Å²) in [5.41, 5.74) is 1.36. The minimum atomic E-state index is 0.173. The number of hydrogen-bond donors (Lipinski definition) is 1. The summed E-state index contributed by atoms with van der Waals surface area (Å²) < 4.78 is 0. The first-order chi connectivity index (χ1) is 9.10. The second kappa shape index (κ2) is 5.97. The molecule has 0 amide bonds. The summed E-state index contributed by atoms with van der Waals surface area (Å²) in [6.45, 7) is 2.36. The fourth-order valence-electron chi connectivity index (χ4n) is 3.46. The highest BCUT2D eigenvalue weighted by molar-refractivity contribution is 5.18. The number of likely N-dealkylation sites (N-methyl/N-ethyl adjacent to an activating group) is 2. The maximum Gasteiger partial charge on any atom is 0.115 e. The average Bonchev–Trinajstić information content (AvgIpc) is 2.43. The zero-order valence-electron chi connectivity index (χ0n) is 12.6. The summed E-state index contributed by atoms with van der Waals surface area (Å²) in [6.07, 6.45) is 10.5. The lowest BCUT2D eigenvalue weighted by atomic mass is 9.70. The van der Waals surface area contributed by atoms with Crippen molar-refractivity contribution in [3.63, 3.8) is 0 Å². The van der Waals surface area contributed by atoms with Crippen molar-refractivity contribution >= 4 is 0 Å². The van der Waals surface area contributed by atoms with Crippen LogP contribution in [-0.4, -0.2) is 41.5 Å². The summed E-state index contributed by atoms with van der Waals surface area (Å²) >= 11 is 0. The van der Waals surface area contributed by atoms with Gasteiger partial charge in [0.15, 0.2) is 0 Å². The van der Waals surface area contributed by atoms with Crippen LogP contribution in [-0.2, 0) is 0 Å². The Balaban J connectivity index is 2.31. The molecule has 0 aliphatic heterocycles. The molecule has 0 saturated heterocycles. The van der Waals surface area contributed by atoms with Gasteiger partial charge in [0, 0.05) is 23.5 Å². The van der Waals surface area contributed by atoms with E-state index in [1.54, 1.807) is 6.33 Å². The molecule has 1 fully saturated rings. The molecule has 1 atom stereocenters. The van der Waals surface area contributed by atoms with Crippen LogP contribution < -0.4 is 5.32 Å². The van der Waals surface area contributed by atoms with Gasteiger partial charge in [-0.1, -0.05) is 6.92 Å². The molecule has 106 valence electrons. The van der Waals surface area contributed by atoms with Crippen molar-refractivity contribution in [3.05, 3.63) is 24.3 Å². The maximum atomic E-state index is 4.18. The summed E-state index contributed by atoms with van der Waals surface area (Å²) in [4.78, 5) is 10.8. The van der Waals surface area contributed by atoms with Crippen molar-refractivity contribution in [2.24, 2.45) is 5.92 Å². The lowest BCUT2D eigenvalue weighted by molar-refractivity contribution is 0.0453. The molecule has 4 nitrogen and oxygen atoms in total. The number of nitrogens with zero attached hydrogens (tertiary/aromatic N) is 3. The molecule has 0 bridgehead atoms. The van der Waals surface area contributed by atoms with Crippen molar-refractivity contribution in [2.45, 2.75) is 44.2 Å². The normalized spacial score (nSPS) is 29.4. The van der Waals surface area contributed by atoms with E-state index in [-0.39, 0.29) is 11.6 Å². The Hall–Kier alpha value is -1.00. The van der Waals surface area contributed by atoms with Gasteiger partial charge in [-0.2, -0.15) is 0 Å². The van der Waals surface area contributed by atoms with Crippen molar-refractivity contribution < 1.29 is 0 Å². The van der Waals surface area contributed by atoms with E-state index in [0.717, 1.165) is 5.92 Å². The van der Waals surface area contributed by atoms with Gasteiger partial charge in [0.05, 0.1) is 6.04 Å². The third kappa shape index (κ3) is 2.79. The van der Waals surface area contributed by atoms with Gasteiger partial charge >= 0.3 is 0 Å². The largest absolute Gasteiger partial charge is 0.311 e. The molecular weight excluding hydrogens is 236 g/mol. The Bertz CT molecular complexity index is 382. The van der Waals surface area contributed by atoms with E-state index >= 15 is 0 Å². The Labute approximate surface area is 116 Å². The van der Waals surface area contributed by atoms with E-state index in [4.69, 9.17) is 0 Å². The van der Waals surface area contributed by atoms with Gasteiger partial charge in [-0.15, -0.1) is 0 Å². The number of aromatic nitrogens is 2. The smallest absolute Gasteiger partial charge is 0.115 e. The standard InChI is InChI=1S/C15H26N4/c1-12-5-7-15(8-6-12,19(3)4)14(16-2)13-9-17-11-18-10-13/h9-12,14,16H,5-8H2,1-4H3. The second-order valence-electron chi connectivity index (χ2n) is 6.07. The van der Waals surface area contributed by atoms with Crippen LogP contribution in [0.3, 0.4) is 0 Å². The quantitative estimate of drug-likeness (QED) is 0.903. The van der Waals surface area contributed by atoms with E-state index in [1.807, 2.05) is 19.4 Å². The Kier molecular flexibility index (Phi) is 4.53. The van der Waals surface area contributed by atoms with Crippen molar-refractivity contribution in [3.8, 4) is 0 Å². The molecule has 0 radical (unpaired) electrons. The second-order valence-corrected chi connectivity index (χ2v) is 6.07. The number of hydrogen-bond acceptors (Lipinski definition) is 4. The van der Waals surface area contributed by atoms with Gasteiger partial charge < -0.3 is 10.2 Å². The van der Waals surface area contributed by atoms with Gasteiger partial charge in [0.1, 0.15) is 6.33 Å². The van der Waals surface area contributed by atoms with Crippen LogP contribution in [0.25, 0.3) is 0 Å². The lowest BCUT2D eigenvalue weighted by Crippen LogP contribution is -2.55. The highest BCUT2D eigenvalue weighted by atomic mass is 15.2. The molecular formula is C15H26N4. The molecule has 1 aromatic rings. The molecule has 1 aliphatic carbocycles. The predicted octanol–water partition coefficient (Wildman–Crippen LogP) is 2.25. The first-order valence-electron chi connectivity index (χ1n) is 7.20. The Morgan fingerprint density at radius 3 is 2.32 bits per heavy atom. The SMILES string of the molecule is CNC(c1cncnc1)C1(N(C)C)CCC(C)CC1. The van der Waals surface area contributed by atoms with E-state index in [9.17, 15) is 0 Å². The molecule has 19 heavy (non-hydrogen) atoms. The van der Waals surface area contributed by atoms with Crippen LogP contribution in [0, 0.1) is 5.92 Å². The third-order valence-corrected chi connectivity index (χ3v) is 4.77. The van der Waals surface area contributed by atoms with E-state index in [1.165, 1.54) is 31.2 Å². The minimum absolute atomic E-state index is 0.173. The first-order valence-corrected chi connectivity index (χ1v) is 7.20. The van der Waals surface area contributed by atoms with E-state index in [0.29, 0.717) is 0 Å². The summed E-state index contributed by atoms with van der Waals surface area (Å²) in [5, 5.41) is 3.50. The fraction of sp³-hybridized carbons (Fsp3) is 0.733. The monoisotopic (exact) mass is 262 g/mol. The first kappa shape index (κ1) is 14.4. The van der Waals surface area contributed by atoms with Crippen molar-refractivity contribution in [1.29, 1.82) is 0 Å².